The molecule has 0 spiro atoms. The molecule has 1 aromatic heterocycles. The van der Waals surface area contributed by atoms with Gasteiger partial charge in [-0.25, -0.2) is 4.39 Å². The quantitative estimate of drug-likeness (QED) is 0.820. The van der Waals surface area contributed by atoms with Gasteiger partial charge in [-0.05, 0) is 0 Å². The number of nitriles is 1. The zero-order valence-corrected chi connectivity index (χ0v) is 8.21. The topological polar surface area (TPSA) is 80.5 Å². The fourth-order valence-electron chi connectivity index (χ4n) is 1.26. The third kappa shape index (κ3) is 1.70. The Balaban J connectivity index is 2.35. The number of benzene rings is 1. The molecule has 0 radical (unpaired) electrons. The van der Waals surface area contributed by atoms with Gasteiger partial charge in [0.2, 0.25) is 12.0 Å². The molecule has 0 bridgehead atoms. The smallest absolute Gasteiger partial charge is 0.235 e. The number of nitrogen functional groups attached to an aromatic ring is 1. The normalized spacial score (nSPS) is 12.0. The number of hydrogen-bond acceptors (Lipinski definition) is 4. The van der Waals surface area contributed by atoms with Crippen LogP contribution in [0.15, 0.2) is 30.3 Å². The molecule has 1 atom stereocenters. The van der Waals surface area contributed by atoms with Gasteiger partial charge in [0.1, 0.15) is 6.07 Å². The summed E-state index contributed by atoms with van der Waals surface area (Å²) in [7, 11) is 0. The number of alkyl halides is 1. The van der Waals surface area contributed by atoms with E-state index < -0.39 is 6.30 Å². The van der Waals surface area contributed by atoms with Crippen molar-refractivity contribution in [3.8, 4) is 6.07 Å². The molecule has 0 amide bonds. The summed E-state index contributed by atoms with van der Waals surface area (Å²) in [6, 6.07) is 10.1. The summed E-state index contributed by atoms with van der Waals surface area (Å²) in [6.45, 7) is 0. The third-order valence-corrected chi connectivity index (χ3v) is 2.04. The first-order valence-electron chi connectivity index (χ1n) is 4.54. The molecule has 80 valence electrons. The summed E-state index contributed by atoms with van der Waals surface area (Å²) in [5, 5.41) is 15.9. The van der Waals surface area contributed by atoms with Gasteiger partial charge in [-0.15, -0.1) is 15.0 Å². The average molecular weight is 217 g/mol. The van der Waals surface area contributed by atoms with Crippen molar-refractivity contribution in [3.63, 3.8) is 0 Å². The van der Waals surface area contributed by atoms with Gasteiger partial charge >= 0.3 is 0 Å². The van der Waals surface area contributed by atoms with E-state index >= 15 is 0 Å². The molecular weight excluding hydrogens is 209 g/mol. The highest BCUT2D eigenvalue weighted by Gasteiger charge is 2.16. The zero-order chi connectivity index (χ0) is 11.5. The molecule has 5 nitrogen and oxygen atoms in total. The van der Waals surface area contributed by atoms with Crippen LogP contribution in [0.2, 0.25) is 0 Å². The minimum atomic E-state index is -1.54. The van der Waals surface area contributed by atoms with Crippen molar-refractivity contribution in [2.75, 3.05) is 5.73 Å². The standard InChI is InChI=1S/C10H8FN5/c11-9(7-4-2-1-3-5-7)16-14-8(6-12)10(13)15-16/h1-5,9H,(H2,13,15). The Morgan fingerprint density at radius 3 is 2.56 bits per heavy atom. The van der Waals surface area contributed by atoms with Crippen molar-refractivity contribution in [1.82, 2.24) is 15.0 Å². The minimum absolute atomic E-state index is 0.0684. The van der Waals surface area contributed by atoms with Crippen LogP contribution < -0.4 is 5.73 Å². The molecule has 0 aliphatic carbocycles. The number of halogens is 1. The molecule has 2 rings (SSSR count). The van der Waals surface area contributed by atoms with Gasteiger partial charge in [-0.3, -0.25) is 0 Å². The van der Waals surface area contributed by atoms with E-state index in [9.17, 15) is 4.39 Å². The summed E-state index contributed by atoms with van der Waals surface area (Å²) < 4.78 is 13.9. The van der Waals surface area contributed by atoms with Crippen LogP contribution in [0.3, 0.4) is 0 Å². The zero-order valence-electron chi connectivity index (χ0n) is 8.21. The molecule has 1 heterocycles. The molecule has 1 aromatic carbocycles. The minimum Gasteiger partial charge on any atom is -0.380 e. The molecule has 0 saturated heterocycles. The molecule has 0 fully saturated rings. The predicted molar refractivity (Wildman–Crippen MR) is 54.8 cm³/mol. The first kappa shape index (κ1) is 10.1. The van der Waals surface area contributed by atoms with Gasteiger partial charge in [0.25, 0.3) is 0 Å². The Morgan fingerprint density at radius 1 is 1.31 bits per heavy atom. The first-order valence-corrected chi connectivity index (χ1v) is 4.54. The Hall–Kier alpha value is -2.42. The van der Waals surface area contributed by atoms with E-state index in [1.165, 1.54) is 0 Å². The highest BCUT2D eigenvalue weighted by Crippen LogP contribution is 2.18. The number of nitrogens with zero attached hydrogens (tertiary/aromatic N) is 4. The summed E-state index contributed by atoms with van der Waals surface area (Å²) >= 11 is 0. The van der Waals surface area contributed by atoms with E-state index in [0.29, 0.717) is 5.56 Å². The van der Waals surface area contributed by atoms with Crippen LogP contribution in [0.1, 0.15) is 17.6 Å². The Bertz CT molecular complexity index is 528. The van der Waals surface area contributed by atoms with Crippen LogP contribution in [0.25, 0.3) is 0 Å². The molecule has 2 aromatic rings. The lowest BCUT2D eigenvalue weighted by Gasteiger charge is -2.06. The van der Waals surface area contributed by atoms with Crippen LogP contribution in [0.5, 0.6) is 0 Å². The monoisotopic (exact) mass is 217 g/mol. The lowest BCUT2D eigenvalue weighted by Crippen LogP contribution is -2.09. The van der Waals surface area contributed by atoms with Crippen LogP contribution >= 0.6 is 0 Å². The fourth-order valence-corrected chi connectivity index (χ4v) is 1.26. The van der Waals surface area contributed by atoms with Crippen molar-refractivity contribution in [1.29, 1.82) is 5.26 Å². The van der Waals surface area contributed by atoms with Gasteiger partial charge in [-0.1, -0.05) is 30.3 Å². The van der Waals surface area contributed by atoms with E-state index in [1.807, 2.05) is 0 Å². The van der Waals surface area contributed by atoms with Crippen LogP contribution in [0, 0.1) is 11.3 Å². The highest BCUT2D eigenvalue weighted by atomic mass is 19.1. The van der Waals surface area contributed by atoms with Crippen molar-refractivity contribution in [2.24, 2.45) is 0 Å². The summed E-state index contributed by atoms with van der Waals surface area (Å²) in [5.41, 5.74) is 5.72. The van der Waals surface area contributed by atoms with Crippen LogP contribution in [0.4, 0.5) is 10.2 Å². The molecule has 2 N–H and O–H groups in total. The predicted octanol–water partition coefficient (Wildman–Crippen LogP) is 1.25. The summed E-state index contributed by atoms with van der Waals surface area (Å²) in [6.07, 6.45) is -1.54. The highest BCUT2D eigenvalue weighted by molar-refractivity contribution is 5.41. The van der Waals surface area contributed by atoms with Gasteiger partial charge in [0, 0.05) is 5.56 Å². The molecule has 6 heteroatoms. The van der Waals surface area contributed by atoms with Crippen LogP contribution in [-0.4, -0.2) is 15.0 Å². The van der Waals surface area contributed by atoms with Crippen molar-refractivity contribution >= 4 is 5.82 Å². The van der Waals surface area contributed by atoms with Crippen molar-refractivity contribution in [3.05, 3.63) is 41.6 Å². The van der Waals surface area contributed by atoms with Crippen molar-refractivity contribution < 1.29 is 4.39 Å². The lowest BCUT2D eigenvalue weighted by molar-refractivity contribution is 0.245. The van der Waals surface area contributed by atoms with E-state index in [0.717, 1.165) is 4.80 Å². The summed E-state index contributed by atoms with van der Waals surface area (Å²) in [4.78, 5) is 0.795. The van der Waals surface area contributed by atoms with E-state index in [2.05, 4.69) is 10.2 Å². The first-order chi connectivity index (χ1) is 7.72. The van der Waals surface area contributed by atoms with E-state index in [4.69, 9.17) is 11.0 Å². The molecule has 16 heavy (non-hydrogen) atoms. The number of nitrogens with two attached hydrogens (primary N) is 1. The Labute approximate surface area is 90.9 Å². The Morgan fingerprint density at radius 2 is 2.00 bits per heavy atom. The second-order valence-corrected chi connectivity index (χ2v) is 3.11. The second-order valence-electron chi connectivity index (χ2n) is 3.11. The van der Waals surface area contributed by atoms with Gasteiger partial charge in [0.15, 0.2) is 5.82 Å². The number of aromatic nitrogens is 3. The SMILES string of the molecule is N#Cc1nn(C(F)c2ccccc2)nc1N. The van der Waals surface area contributed by atoms with Gasteiger partial charge < -0.3 is 5.73 Å². The second kappa shape index (κ2) is 3.98. The van der Waals surface area contributed by atoms with E-state index in [1.54, 1.807) is 36.4 Å². The third-order valence-electron chi connectivity index (χ3n) is 2.04. The van der Waals surface area contributed by atoms with Crippen LogP contribution in [-0.2, 0) is 0 Å². The van der Waals surface area contributed by atoms with E-state index in [-0.39, 0.29) is 11.5 Å². The molecule has 0 aliphatic heterocycles. The molecule has 0 saturated carbocycles. The maximum absolute atomic E-state index is 13.9. The largest absolute Gasteiger partial charge is 0.380 e. The number of anilines is 1. The lowest BCUT2D eigenvalue weighted by atomic mass is 10.2. The average Bonchev–Trinajstić information content (AvgIpc) is 2.71. The number of rotatable bonds is 2. The molecule has 1 unspecified atom stereocenters. The number of hydrogen-bond donors (Lipinski definition) is 1. The fraction of sp³-hybridized carbons (Fsp3) is 0.100. The Kier molecular flexibility index (Phi) is 2.52. The van der Waals surface area contributed by atoms with Gasteiger partial charge in [0.05, 0.1) is 0 Å². The molecule has 0 aliphatic rings. The molecular formula is C10H8FN5. The maximum Gasteiger partial charge on any atom is 0.235 e. The maximum atomic E-state index is 13.9. The van der Waals surface area contributed by atoms with Gasteiger partial charge in [-0.2, -0.15) is 5.26 Å². The van der Waals surface area contributed by atoms with Crippen molar-refractivity contribution in [2.45, 2.75) is 6.30 Å². The summed E-state index contributed by atoms with van der Waals surface area (Å²) in [5.74, 6) is -0.0684.